The monoisotopic (exact) mass is 145 g/mol. The molecule has 0 aromatic rings. The zero-order valence-corrected chi connectivity index (χ0v) is 6.51. The molecule has 61 valence electrons. The van der Waals surface area contributed by atoms with Gasteiger partial charge < -0.3 is 16.2 Å². The van der Waals surface area contributed by atoms with E-state index in [9.17, 15) is 0 Å². The molecule has 0 saturated carbocycles. The van der Waals surface area contributed by atoms with Crippen molar-refractivity contribution in [3.8, 4) is 0 Å². The van der Waals surface area contributed by atoms with Gasteiger partial charge in [0.05, 0.1) is 12.6 Å². The molecule has 10 heavy (non-hydrogen) atoms. The average molecular weight is 145 g/mol. The Labute approximate surface area is 62.6 Å². The molecule has 1 atom stereocenters. The van der Waals surface area contributed by atoms with Crippen LogP contribution >= 0.6 is 0 Å². The topological polar surface area (TPSA) is 58.3 Å². The molecule has 0 aliphatic carbocycles. The van der Waals surface area contributed by atoms with Gasteiger partial charge in [-0.25, -0.2) is 0 Å². The lowest BCUT2D eigenvalue weighted by Gasteiger charge is -2.04. The van der Waals surface area contributed by atoms with Gasteiger partial charge in [0.1, 0.15) is 0 Å². The van der Waals surface area contributed by atoms with Gasteiger partial charge in [-0.05, 0) is 32.9 Å². The smallest absolute Gasteiger partial charge is 0.0681 e. The molecular weight excluding hydrogens is 128 g/mol. The third-order valence-corrected chi connectivity index (χ3v) is 1.13. The number of unbranched alkanes of at least 4 members (excludes halogenated alkanes) is 1. The van der Waals surface area contributed by atoms with Crippen LogP contribution in [0.1, 0.15) is 19.8 Å². The Morgan fingerprint density at radius 3 is 2.80 bits per heavy atom. The van der Waals surface area contributed by atoms with Crippen LogP contribution in [-0.2, 0) is 0 Å². The van der Waals surface area contributed by atoms with E-state index >= 15 is 0 Å². The van der Waals surface area contributed by atoms with Crippen molar-refractivity contribution in [2.45, 2.75) is 25.9 Å². The highest BCUT2D eigenvalue weighted by molar-refractivity contribution is 4.67. The fraction of sp³-hybridized carbons (Fsp3) is 0.857. The van der Waals surface area contributed by atoms with E-state index in [1.807, 2.05) is 0 Å². The Bertz CT molecular complexity index is 66.6. The van der Waals surface area contributed by atoms with Gasteiger partial charge in [-0.1, -0.05) is 0 Å². The van der Waals surface area contributed by atoms with Gasteiger partial charge in [0, 0.05) is 0 Å². The third kappa shape index (κ3) is 7.88. The molecule has 4 N–H and O–H groups in total. The molecule has 0 fully saturated rings. The van der Waals surface area contributed by atoms with Crippen LogP contribution in [0.15, 0.2) is 0 Å². The summed E-state index contributed by atoms with van der Waals surface area (Å²) in [6.45, 7) is 5.05. The first-order valence-corrected chi connectivity index (χ1v) is 3.72. The minimum absolute atomic E-state index is 0.363. The minimum atomic E-state index is -0.363. The van der Waals surface area contributed by atoms with E-state index in [4.69, 9.17) is 10.8 Å². The van der Waals surface area contributed by atoms with E-state index in [-0.39, 0.29) is 6.10 Å². The highest BCUT2D eigenvalue weighted by atomic mass is 16.3. The van der Waals surface area contributed by atoms with Crippen molar-refractivity contribution in [2.24, 2.45) is 5.73 Å². The fourth-order valence-electron chi connectivity index (χ4n) is 0.625. The van der Waals surface area contributed by atoms with Crippen molar-refractivity contribution >= 4 is 0 Å². The van der Waals surface area contributed by atoms with Gasteiger partial charge in [-0.2, -0.15) is 0 Å². The van der Waals surface area contributed by atoms with Crippen molar-refractivity contribution in [3.63, 3.8) is 0 Å². The zero-order chi connectivity index (χ0) is 7.82. The summed E-state index contributed by atoms with van der Waals surface area (Å²) in [5.41, 5.74) is 5.28. The molecule has 3 heteroatoms. The van der Waals surface area contributed by atoms with E-state index in [1.54, 1.807) is 13.5 Å². The predicted octanol–water partition coefficient (Wildman–Crippen LogP) is -0.143. The van der Waals surface area contributed by atoms with Crippen LogP contribution in [0, 0.1) is 6.54 Å². The molecule has 1 unspecified atom stereocenters. The Balaban J connectivity index is 2.77. The van der Waals surface area contributed by atoms with Gasteiger partial charge in [0.25, 0.3) is 0 Å². The standard InChI is InChI=1S/C7H17N2O/c1-7(10)6-9-5-3-2-4-8/h6-7,9-10H,2-5,8H2,1H3. The molecule has 0 aromatic heterocycles. The van der Waals surface area contributed by atoms with Crippen LogP contribution < -0.4 is 11.1 Å². The highest BCUT2D eigenvalue weighted by Gasteiger charge is 1.93. The number of nitrogens with one attached hydrogen (secondary N) is 1. The number of rotatable bonds is 6. The second-order valence-electron chi connectivity index (χ2n) is 2.36. The summed E-state index contributed by atoms with van der Waals surface area (Å²) in [6.07, 6.45) is 1.75. The van der Waals surface area contributed by atoms with E-state index < -0.39 is 0 Å². The van der Waals surface area contributed by atoms with Crippen molar-refractivity contribution in [1.82, 2.24) is 5.32 Å². The zero-order valence-electron chi connectivity index (χ0n) is 6.51. The summed E-state index contributed by atoms with van der Waals surface area (Å²) in [7, 11) is 0. The molecule has 0 aromatic carbocycles. The van der Waals surface area contributed by atoms with Crippen LogP contribution in [0.3, 0.4) is 0 Å². The van der Waals surface area contributed by atoms with Gasteiger partial charge in [0.2, 0.25) is 0 Å². The molecule has 0 aliphatic rings. The van der Waals surface area contributed by atoms with Gasteiger partial charge in [-0.3, -0.25) is 0 Å². The second kappa shape index (κ2) is 6.99. The van der Waals surface area contributed by atoms with Crippen molar-refractivity contribution in [1.29, 1.82) is 0 Å². The number of hydrogen-bond acceptors (Lipinski definition) is 3. The molecule has 0 amide bonds. The molecule has 0 bridgehead atoms. The molecule has 0 rings (SSSR count). The van der Waals surface area contributed by atoms with E-state index in [1.165, 1.54) is 0 Å². The Morgan fingerprint density at radius 2 is 2.30 bits per heavy atom. The Kier molecular flexibility index (Phi) is 6.91. The predicted molar refractivity (Wildman–Crippen MR) is 42.3 cm³/mol. The lowest BCUT2D eigenvalue weighted by Crippen LogP contribution is -2.19. The first kappa shape index (κ1) is 9.88. The molecule has 0 spiro atoms. The van der Waals surface area contributed by atoms with E-state index in [0.29, 0.717) is 0 Å². The normalized spacial score (nSPS) is 13.5. The fourth-order valence-corrected chi connectivity index (χ4v) is 0.625. The highest BCUT2D eigenvalue weighted by Crippen LogP contribution is 1.85. The molecule has 1 radical (unpaired) electrons. The van der Waals surface area contributed by atoms with Crippen molar-refractivity contribution in [3.05, 3.63) is 6.54 Å². The van der Waals surface area contributed by atoms with Gasteiger partial charge in [0.15, 0.2) is 0 Å². The number of hydrogen-bond donors (Lipinski definition) is 3. The lowest BCUT2D eigenvalue weighted by molar-refractivity contribution is 0.218. The summed E-state index contributed by atoms with van der Waals surface area (Å²) in [4.78, 5) is 0. The summed E-state index contributed by atoms with van der Waals surface area (Å²) >= 11 is 0. The summed E-state index contributed by atoms with van der Waals surface area (Å²) in [5.74, 6) is 0. The quantitative estimate of drug-likeness (QED) is 0.456. The molecule has 0 aliphatic heterocycles. The van der Waals surface area contributed by atoms with Crippen molar-refractivity contribution < 1.29 is 5.11 Å². The van der Waals surface area contributed by atoms with Gasteiger partial charge in [-0.15, -0.1) is 0 Å². The maximum absolute atomic E-state index is 8.77. The minimum Gasteiger partial charge on any atom is -0.392 e. The second-order valence-corrected chi connectivity index (χ2v) is 2.36. The van der Waals surface area contributed by atoms with Gasteiger partial charge >= 0.3 is 0 Å². The first-order chi connectivity index (χ1) is 4.77. The molecule has 3 nitrogen and oxygen atoms in total. The van der Waals surface area contributed by atoms with Crippen LogP contribution in [-0.4, -0.2) is 24.3 Å². The molecule has 0 heterocycles. The summed E-state index contributed by atoms with van der Waals surface area (Å²) in [6, 6.07) is 0. The lowest BCUT2D eigenvalue weighted by atomic mass is 10.3. The largest absolute Gasteiger partial charge is 0.392 e. The Hall–Kier alpha value is -0.120. The molecule has 0 saturated heterocycles. The maximum Gasteiger partial charge on any atom is 0.0681 e. The van der Waals surface area contributed by atoms with E-state index in [0.717, 1.165) is 25.9 Å². The van der Waals surface area contributed by atoms with Crippen LogP contribution in [0.5, 0.6) is 0 Å². The Morgan fingerprint density at radius 1 is 1.60 bits per heavy atom. The summed E-state index contributed by atoms with van der Waals surface area (Å²) < 4.78 is 0. The third-order valence-electron chi connectivity index (χ3n) is 1.13. The molecular formula is C7H17N2O. The summed E-state index contributed by atoms with van der Waals surface area (Å²) in [5, 5.41) is 11.8. The average Bonchev–Trinajstić information content (AvgIpc) is 1.87. The SMILES string of the molecule is CC(O)[CH]NCCCCN. The van der Waals surface area contributed by atoms with Crippen LogP contribution in [0.25, 0.3) is 0 Å². The first-order valence-electron chi connectivity index (χ1n) is 3.72. The van der Waals surface area contributed by atoms with E-state index in [2.05, 4.69) is 5.32 Å². The number of aliphatic hydroxyl groups excluding tert-OH is 1. The number of aliphatic hydroxyl groups is 1. The van der Waals surface area contributed by atoms with Crippen LogP contribution in [0.2, 0.25) is 0 Å². The number of nitrogens with two attached hydrogens (primary N) is 1. The maximum atomic E-state index is 8.77. The van der Waals surface area contributed by atoms with Crippen LogP contribution in [0.4, 0.5) is 0 Å². The van der Waals surface area contributed by atoms with Crippen molar-refractivity contribution in [2.75, 3.05) is 13.1 Å².